The third kappa shape index (κ3) is 1.72. The van der Waals surface area contributed by atoms with Gasteiger partial charge in [-0.15, -0.1) is 0 Å². The SMILES string of the molecule is COc1cc(C2CC2)ccc1CC#N. The van der Waals surface area contributed by atoms with Crippen LogP contribution in [0.5, 0.6) is 5.75 Å². The van der Waals surface area contributed by atoms with E-state index in [0.717, 1.165) is 17.2 Å². The first-order chi connectivity index (χ1) is 6.85. The minimum atomic E-state index is 0.425. The molecule has 1 saturated carbocycles. The number of nitrogens with zero attached hydrogens (tertiary/aromatic N) is 1. The second-order valence-electron chi connectivity index (χ2n) is 3.68. The highest BCUT2D eigenvalue weighted by molar-refractivity contribution is 5.41. The van der Waals surface area contributed by atoms with Gasteiger partial charge in [-0.2, -0.15) is 5.26 Å². The molecule has 0 N–H and O–H groups in total. The maximum atomic E-state index is 8.62. The smallest absolute Gasteiger partial charge is 0.123 e. The normalized spacial score (nSPS) is 14.9. The van der Waals surface area contributed by atoms with Crippen LogP contribution in [-0.2, 0) is 6.42 Å². The van der Waals surface area contributed by atoms with E-state index in [2.05, 4.69) is 18.2 Å². The van der Waals surface area contributed by atoms with Crippen LogP contribution in [-0.4, -0.2) is 7.11 Å². The zero-order valence-corrected chi connectivity index (χ0v) is 8.29. The van der Waals surface area contributed by atoms with Gasteiger partial charge in [-0.3, -0.25) is 0 Å². The molecule has 2 rings (SSSR count). The Hall–Kier alpha value is -1.49. The Kier molecular flexibility index (Phi) is 2.41. The van der Waals surface area contributed by atoms with Gasteiger partial charge in [-0.25, -0.2) is 0 Å². The highest BCUT2D eigenvalue weighted by Crippen LogP contribution is 2.41. The molecule has 14 heavy (non-hydrogen) atoms. The van der Waals surface area contributed by atoms with E-state index in [1.54, 1.807) is 7.11 Å². The summed E-state index contributed by atoms with van der Waals surface area (Å²) in [6.45, 7) is 0. The summed E-state index contributed by atoms with van der Waals surface area (Å²) < 4.78 is 5.27. The Morgan fingerprint density at radius 3 is 2.86 bits per heavy atom. The molecule has 0 atom stereocenters. The van der Waals surface area contributed by atoms with Gasteiger partial charge >= 0.3 is 0 Å². The molecule has 0 bridgehead atoms. The molecule has 0 amide bonds. The lowest BCUT2D eigenvalue weighted by Gasteiger charge is -2.07. The van der Waals surface area contributed by atoms with Crippen LogP contribution in [0.15, 0.2) is 18.2 Å². The Bertz CT molecular complexity index is 374. The van der Waals surface area contributed by atoms with Crippen LogP contribution in [0.25, 0.3) is 0 Å². The molecule has 0 heterocycles. The number of methoxy groups -OCH3 is 1. The number of benzene rings is 1. The molecule has 1 fully saturated rings. The molecule has 1 aromatic carbocycles. The summed E-state index contributed by atoms with van der Waals surface area (Å²) in [5.41, 5.74) is 2.34. The van der Waals surface area contributed by atoms with Crippen LogP contribution in [0.2, 0.25) is 0 Å². The van der Waals surface area contributed by atoms with Crippen molar-refractivity contribution in [2.75, 3.05) is 7.11 Å². The lowest BCUT2D eigenvalue weighted by molar-refractivity contribution is 0.410. The molecular formula is C12H13NO. The van der Waals surface area contributed by atoms with E-state index in [1.807, 2.05) is 6.07 Å². The molecule has 2 heteroatoms. The second-order valence-corrected chi connectivity index (χ2v) is 3.68. The van der Waals surface area contributed by atoms with Crippen molar-refractivity contribution in [2.45, 2.75) is 25.2 Å². The van der Waals surface area contributed by atoms with E-state index in [1.165, 1.54) is 18.4 Å². The molecule has 1 aliphatic rings. The molecule has 0 radical (unpaired) electrons. The minimum absolute atomic E-state index is 0.425. The van der Waals surface area contributed by atoms with Crippen LogP contribution < -0.4 is 4.74 Å². The van der Waals surface area contributed by atoms with Crippen molar-refractivity contribution in [3.8, 4) is 11.8 Å². The zero-order chi connectivity index (χ0) is 9.97. The van der Waals surface area contributed by atoms with Crippen LogP contribution in [0.3, 0.4) is 0 Å². The van der Waals surface area contributed by atoms with Gasteiger partial charge in [0.1, 0.15) is 5.75 Å². The summed E-state index contributed by atoms with van der Waals surface area (Å²) in [6.07, 6.45) is 3.01. The lowest BCUT2D eigenvalue weighted by atomic mass is 10.1. The van der Waals surface area contributed by atoms with Gasteiger partial charge in [-0.1, -0.05) is 12.1 Å². The van der Waals surface area contributed by atoms with Gasteiger partial charge < -0.3 is 4.74 Å². The fourth-order valence-corrected chi connectivity index (χ4v) is 1.66. The maximum Gasteiger partial charge on any atom is 0.123 e. The summed E-state index contributed by atoms with van der Waals surface area (Å²) in [4.78, 5) is 0. The zero-order valence-electron chi connectivity index (χ0n) is 8.29. The van der Waals surface area contributed by atoms with Gasteiger partial charge in [0.15, 0.2) is 0 Å². The molecule has 0 unspecified atom stereocenters. The van der Waals surface area contributed by atoms with E-state index >= 15 is 0 Å². The van der Waals surface area contributed by atoms with Crippen molar-refractivity contribution in [1.29, 1.82) is 5.26 Å². The van der Waals surface area contributed by atoms with Crippen LogP contribution in [0.4, 0.5) is 0 Å². The van der Waals surface area contributed by atoms with Crippen molar-refractivity contribution < 1.29 is 4.74 Å². The Balaban J connectivity index is 2.29. The fourth-order valence-electron chi connectivity index (χ4n) is 1.66. The minimum Gasteiger partial charge on any atom is -0.496 e. The highest BCUT2D eigenvalue weighted by Gasteiger charge is 2.24. The number of hydrogen-bond donors (Lipinski definition) is 0. The molecular weight excluding hydrogens is 174 g/mol. The van der Waals surface area contributed by atoms with Gasteiger partial charge in [-0.05, 0) is 30.4 Å². The first kappa shape index (κ1) is 9.08. The van der Waals surface area contributed by atoms with E-state index in [-0.39, 0.29) is 0 Å². The maximum absolute atomic E-state index is 8.62. The van der Waals surface area contributed by atoms with Gasteiger partial charge in [0.2, 0.25) is 0 Å². The molecule has 0 saturated heterocycles. The van der Waals surface area contributed by atoms with E-state index in [0.29, 0.717) is 6.42 Å². The Morgan fingerprint density at radius 2 is 2.29 bits per heavy atom. The van der Waals surface area contributed by atoms with E-state index in [4.69, 9.17) is 10.00 Å². The molecule has 0 spiro atoms. The topological polar surface area (TPSA) is 33.0 Å². The van der Waals surface area contributed by atoms with E-state index in [9.17, 15) is 0 Å². The summed E-state index contributed by atoms with van der Waals surface area (Å²) in [5.74, 6) is 1.59. The van der Waals surface area contributed by atoms with Crippen LogP contribution >= 0.6 is 0 Å². The first-order valence-electron chi connectivity index (χ1n) is 4.89. The third-order valence-electron chi connectivity index (χ3n) is 2.63. The van der Waals surface area contributed by atoms with Crippen molar-refractivity contribution in [3.63, 3.8) is 0 Å². The quantitative estimate of drug-likeness (QED) is 0.728. The Morgan fingerprint density at radius 1 is 1.50 bits per heavy atom. The molecule has 2 nitrogen and oxygen atoms in total. The van der Waals surface area contributed by atoms with Crippen molar-refractivity contribution >= 4 is 0 Å². The first-order valence-corrected chi connectivity index (χ1v) is 4.89. The third-order valence-corrected chi connectivity index (χ3v) is 2.63. The number of hydrogen-bond acceptors (Lipinski definition) is 2. The number of nitriles is 1. The fraction of sp³-hybridized carbons (Fsp3) is 0.417. The number of ether oxygens (including phenoxy) is 1. The van der Waals surface area contributed by atoms with E-state index < -0.39 is 0 Å². The molecule has 0 aliphatic heterocycles. The summed E-state index contributed by atoms with van der Waals surface area (Å²) >= 11 is 0. The number of rotatable bonds is 3. The standard InChI is InChI=1S/C12H13NO/c1-14-12-8-11(9-2-3-9)5-4-10(12)6-7-13/h4-5,8-9H,2-3,6H2,1H3. The predicted octanol–water partition coefficient (Wildman–Crippen LogP) is 2.64. The second kappa shape index (κ2) is 3.71. The highest BCUT2D eigenvalue weighted by atomic mass is 16.5. The predicted molar refractivity (Wildman–Crippen MR) is 54.3 cm³/mol. The molecule has 1 aromatic rings. The monoisotopic (exact) mass is 187 g/mol. The van der Waals surface area contributed by atoms with Crippen LogP contribution in [0, 0.1) is 11.3 Å². The molecule has 72 valence electrons. The van der Waals surface area contributed by atoms with Crippen molar-refractivity contribution in [2.24, 2.45) is 0 Å². The summed E-state index contributed by atoms with van der Waals surface area (Å²) in [7, 11) is 1.66. The van der Waals surface area contributed by atoms with Gasteiger partial charge in [0, 0.05) is 5.56 Å². The lowest BCUT2D eigenvalue weighted by Crippen LogP contribution is -1.92. The van der Waals surface area contributed by atoms with Crippen molar-refractivity contribution in [1.82, 2.24) is 0 Å². The van der Waals surface area contributed by atoms with Crippen LogP contribution in [0.1, 0.15) is 29.9 Å². The van der Waals surface area contributed by atoms with Gasteiger partial charge in [0.05, 0.1) is 19.6 Å². The summed E-state index contributed by atoms with van der Waals surface area (Å²) in [5, 5.41) is 8.62. The largest absolute Gasteiger partial charge is 0.496 e. The molecule has 1 aliphatic carbocycles. The van der Waals surface area contributed by atoms with Crippen molar-refractivity contribution in [3.05, 3.63) is 29.3 Å². The molecule has 0 aromatic heterocycles. The summed E-state index contributed by atoms with van der Waals surface area (Å²) in [6, 6.07) is 8.34. The van der Waals surface area contributed by atoms with Gasteiger partial charge in [0.25, 0.3) is 0 Å². The average molecular weight is 187 g/mol. The average Bonchev–Trinajstić information content (AvgIpc) is 3.02. The Labute approximate surface area is 84.1 Å².